The van der Waals surface area contributed by atoms with Gasteiger partial charge in [-0.1, -0.05) is 13.8 Å². The summed E-state index contributed by atoms with van der Waals surface area (Å²) in [4.78, 5) is 12.7. The maximum Gasteiger partial charge on any atom is 0.173 e. The second-order valence-corrected chi connectivity index (χ2v) is 5.32. The molecule has 0 aliphatic carbocycles. The molecule has 1 rings (SSSR count). The van der Waals surface area contributed by atoms with Crippen molar-refractivity contribution in [3.63, 3.8) is 0 Å². The quantitative estimate of drug-likeness (QED) is 0.778. The molecule has 0 saturated carbocycles. The van der Waals surface area contributed by atoms with Crippen LogP contribution >= 0.6 is 11.3 Å². The number of hydrogen-bond acceptors (Lipinski definition) is 3. The summed E-state index contributed by atoms with van der Waals surface area (Å²) in [7, 11) is 0. The van der Waals surface area contributed by atoms with Crippen molar-refractivity contribution in [3.8, 4) is 0 Å². The van der Waals surface area contributed by atoms with Gasteiger partial charge in [-0.25, -0.2) is 0 Å². The maximum atomic E-state index is 11.9. The van der Waals surface area contributed by atoms with Crippen molar-refractivity contribution in [2.45, 2.75) is 27.2 Å². The number of ketones is 1. The molecule has 0 radical (unpaired) electrons. The van der Waals surface area contributed by atoms with E-state index in [-0.39, 0.29) is 11.2 Å². The number of carbonyl (C=O) groups is 1. The van der Waals surface area contributed by atoms with Crippen LogP contribution in [-0.4, -0.2) is 12.3 Å². The highest BCUT2D eigenvalue weighted by atomic mass is 32.1. The zero-order valence-electron chi connectivity index (χ0n) is 8.96. The fourth-order valence-corrected chi connectivity index (χ4v) is 2.11. The molecule has 0 amide bonds. The van der Waals surface area contributed by atoms with Crippen molar-refractivity contribution in [2.75, 3.05) is 6.54 Å². The Morgan fingerprint density at radius 3 is 2.64 bits per heavy atom. The summed E-state index contributed by atoms with van der Waals surface area (Å²) in [6.07, 6.45) is 0.533. The first kappa shape index (κ1) is 11.4. The lowest BCUT2D eigenvalue weighted by Gasteiger charge is -2.20. The summed E-state index contributed by atoms with van der Waals surface area (Å²) >= 11 is 1.52. The third kappa shape index (κ3) is 2.66. The second kappa shape index (κ2) is 4.24. The predicted molar refractivity (Wildman–Crippen MR) is 60.8 cm³/mol. The molecular formula is C11H17NOS. The van der Waals surface area contributed by atoms with Gasteiger partial charge in [-0.2, -0.15) is 0 Å². The molecule has 1 aromatic heterocycles. The highest BCUT2D eigenvalue weighted by molar-refractivity contribution is 7.12. The van der Waals surface area contributed by atoms with Crippen LogP contribution in [0, 0.1) is 12.3 Å². The van der Waals surface area contributed by atoms with E-state index < -0.39 is 0 Å². The molecule has 2 N–H and O–H groups in total. The molecule has 0 bridgehead atoms. The van der Waals surface area contributed by atoms with Crippen molar-refractivity contribution in [2.24, 2.45) is 11.1 Å². The zero-order valence-corrected chi connectivity index (χ0v) is 9.78. The number of Topliss-reactive ketones (excluding diaryl/α,β-unsaturated/α-hetero) is 1. The number of thiophene rings is 1. The molecule has 0 saturated heterocycles. The molecule has 1 aromatic rings. The number of hydrogen-bond donors (Lipinski definition) is 1. The first-order valence-corrected chi connectivity index (χ1v) is 5.61. The van der Waals surface area contributed by atoms with Crippen LogP contribution in [0.2, 0.25) is 0 Å². The van der Waals surface area contributed by atoms with E-state index in [1.165, 1.54) is 11.3 Å². The topological polar surface area (TPSA) is 43.1 Å². The Labute approximate surface area is 89.1 Å². The normalized spacial score (nSPS) is 11.7. The molecular weight excluding hydrogens is 194 g/mol. The molecule has 1 heterocycles. The van der Waals surface area contributed by atoms with Gasteiger partial charge in [0.2, 0.25) is 0 Å². The van der Waals surface area contributed by atoms with Crippen molar-refractivity contribution < 1.29 is 4.79 Å². The van der Waals surface area contributed by atoms with Gasteiger partial charge in [-0.3, -0.25) is 4.79 Å². The second-order valence-electron chi connectivity index (χ2n) is 4.40. The van der Waals surface area contributed by atoms with Crippen LogP contribution in [0.4, 0.5) is 0 Å². The van der Waals surface area contributed by atoms with E-state index in [1.54, 1.807) is 0 Å². The standard InChI is InChI=1S/C11H17NOS/c1-8-4-5-14-10(8)9(13)6-11(2,3)7-12/h4-5H,6-7,12H2,1-3H3. The van der Waals surface area contributed by atoms with Crippen molar-refractivity contribution in [1.82, 2.24) is 0 Å². The summed E-state index contributed by atoms with van der Waals surface area (Å²) < 4.78 is 0. The van der Waals surface area contributed by atoms with E-state index >= 15 is 0 Å². The zero-order chi connectivity index (χ0) is 10.8. The van der Waals surface area contributed by atoms with Crippen LogP contribution in [0.15, 0.2) is 11.4 Å². The molecule has 0 aliphatic heterocycles. The molecule has 0 unspecified atom stereocenters. The van der Waals surface area contributed by atoms with Gasteiger partial charge in [0.15, 0.2) is 5.78 Å². The maximum absolute atomic E-state index is 11.9. The van der Waals surface area contributed by atoms with E-state index in [2.05, 4.69) is 0 Å². The molecule has 0 aromatic carbocycles. The van der Waals surface area contributed by atoms with Gasteiger partial charge in [0.25, 0.3) is 0 Å². The summed E-state index contributed by atoms with van der Waals surface area (Å²) in [5.41, 5.74) is 6.58. The van der Waals surface area contributed by atoms with E-state index in [0.717, 1.165) is 10.4 Å². The largest absolute Gasteiger partial charge is 0.330 e. The lowest BCUT2D eigenvalue weighted by atomic mass is 9.87. The molecule has 78 valence electrons. The lowest BCUT2D eigenvalue weighted by Crippen LogP contribution is -2.26. The Bertz CT molecular complexity index is 328. The number of aryl methyl sites for hydroxylation is 1. The molecule has 3 heteroatoms. The van der Waals surface area contributed by atoms with Crippen LogP contribution in [0.1, 0.15) is 35.5 Å². The summed E-state index contributed by atoms with van der Waals surface area (Å²) in [6.45, 7) is 6.56. The molecule has 0 fully saturated rings. The van der Waals surface area contributed by atoms with Gasteiger partial charge >= 0.3 is 0 Å². The third-order valence-electron chi connectivity index (χ3n) is 2.31. The van der Waals surface area contributed by atoms with E-state index in [0.29, 0.717) is 13.0 Å². The SMILES string of the molecule is Cc1ccsc1C(=O)CC(C)(C)CN. The number of rotatable bonds is 4. The Kier molecular flexibility index (Phi) is 3.45. The summed E-state index contributed by atoms with van der Waals surface area (Å²) in [6, 6.07) is 1.98. The van der Waals surface area contributed by atoms with Crippen LogP contribution < -0.4 is 5.73 Å². The van der Waals surface area contributed by atoms with Gasteiger partial charge in [-0.05, 0) is 35.9 Å². The van der Waals surface area contributed by atoms with Gasteiger partial charge in [0.1, 0.15) is 0 Å². The minimum Gasteiger partial charge on any atom is -0.330 e. The fourth-order valence-electron chi connectivity index (χ4n) is 1.25. The minimum absolute atomic E-state index is 0.0898. The molecule has 0 aliphatic rings. The van der Waals surface area contributed by atoms with Crippen molar-refractivity contribution in [3.05, 3.63) is 21.9 Å². The average Bonchev–Trinajstić information content (AvgIpc) is 2.51. The van der Waals surface area contributed by atoms with Crippen LogP contribution in [0.3, 0.4) is 0 Å². The van der Waals surface area contributed by atoms with Crippen LogP contribution in [0.5, 0.6) is 0 Å². The fraction of sp³-hybridized carbons (Fsp3) is 0.545. The minimum atomic E-state index is -0.0898. The molecule has 0 spiro atoms. The first-order chi connectivity index (χ1) is 6.46. The van der Waals surface area contributed by atoms with Crippen molar-refractivity contribution >= 4 is 17.1 Å². The smallest absolute Gasteiger partial charge is 0.173 e. The third-order valence-corrected chi connectivity index (χ3v) is 3.36. The number of carbonyl (C=O) groups excluding carboxylic acids is 1. The highest BCUT2D eigenvalue weighted by Gasteiger charge is 2.22. The Morgan fingerprint density at radius 1 is 1.57 bits per heavy atom. The Hall–Kier alpha value is -0.670. The van der Waals surface area contributed by atoms with Gasteiger partial charge in [0.05, 0.1) is 4.88 Å². The predicted octanol–water partition coefficient (Wildman–Crippen LogP) is 2.61. The Balaban J connectivity index is 2.73. The molecule has 0 atom stereocenters. The highest BCUT2D eigenvalue weighted by Crippen LogP contribution is 2.25. The van der Waals surface area contributed by atoms with Crippen LogP contribution in [0.25, 0.3) is 0 Å². The van der Waals surface area contributed by atoms with Crippen molar-refractivity contribution in [1.29, 1.82) is 0 Å². The van der Waals surface area contributed by atoms with E-state index in [9.17, 15) is 4.79 Å². The summed E-state index contributed by atoms with van der Waals surface area (Å²) in [5.74, 6) is 0.216. The number of nitrogens with two attached hydrogens (primary N) is 1. The average molecular weight is 211 g/mol. The summed E-state index contributed by atoms with van der Waals surface area (Å²) in [5, 5.41) is 1.96. The molecule has 14 heavy (non-hydrogen) atoms. The Morgan fingerprint density at radius 2 is 2.21 bits per heavy atom. The first-order valence-electron chi connectivity index (χ1n) is 4.73. The van der Waals surface area contributed by atoms with Gasteiger partial charge in [-0.15, -0.1) is 11.3 Å². The molecule has 2 nitrogen and oxygen atoms in total. The van der Waals surface area contributed by atoms with E-state index in [1.807, 2.05) is 32.2 Å². The lowest BCUT2D eigenvalue weighted by molar-refractivity contribution is 0.0938. The van der Waals surface area contributed by atoms with Gasteiger partial charge < -0.3 is 5.73 Å². The monoisotopic (exact) mass is 211 g/mol. The van der Waals surface area contributed by atoms with E-state index in [4.69, 9.17) is 5.73 Å². The van der Waals surface area contributed by atoms with Gasteiger partial charge in [0, 0.05) is 6.42 Å². The van der Waals surface area contributed by atoms with Crippen LogP contribution in [-0.2, 0) is 0 Å².